The van der Waals surface area contributed by atoms with Gasteiger partial charge in [-0.15, -0.1) is 0 Å². The van der Waals surface area contributed by atoms with Crippen molar-refractivity contribution in [2.24, 2.45) is 40.4 Å². The van der Waals surface area contributed by atoms with E-state index in [4.69, 9.17) is 0 Å². The average molecular weight is 457 g/mol. The Balaban J connectivity index is 1.32. The number of nitrogens with zero attached hydrogens (tertiary/aromatic N) is 2. The molecule has 1 saturated heterocycles. The minimum atomic E-state index is -0.857. The van der Waals surface area contributed by atoms with Crippen LogP contribution in [-0.2, 0) is 4.79 Å². The van der Waals surface area contributed by atoms with Crippen LogP contribution in [0, 0.1) is 40.4 Å². The summed E-state index contributed by atoms with van der Waals surface area (Å²) in [4.78, 5) is 17.4. The van der Waals surface area contributed by atoms with Crippen molar-refractivity contribution in [2.45, 2.75) is 104 Å². The fourth-order valence-electron chi connectivity index (χ4n) is 9.74. The van der Waals surface area contributed by atoms with Crippen molar-refractivity contribution in [3.8, 4) is 0 Å². The fourth-order valence-corrected chi connectivity index (χ4v) is 9.74. The molecule has 4 fully saturated rings. The van der Waals surface area contributed by atoms with Gasteiger partial charge in [-0.2, -0.15) is 0 Å². The van der Waals surface area contributed by atoms with Gasteiger partial charge in [0.2, 0.25) is 0 Å². The Bertz CT molecular complexity index is 807. The highest BCUT2D eigenvalue weighted by Gasteiger charge is 2.64. The van der Waals surface area contributed by atoms with E-state index in [0.29, 0.717) is 23.2 Å². The summed E-state index contributed by atoms with van der Waals surface area (Å²) in [6.07, 6.45) is 12.6. The van der Waals surface area contributed by atoms with E-state index in [9.17, 15) is 9.90 Å². The van der Waals surface area contributed by atoms with Crippen molar-refractivity contribution >= 4 is 5.91 Å². The van der Waals surface area contributed by atoms with Gasteiger partial charge in [0.25, 0.3) is 5.91 Å². The zero-order valence-corrected chi connectivity index (χ0v) is 22.0. The van der Waals surface area contributed by atoms with Crippen LogP contribution >= 0.6 is 0 Å². The molecular weight excluding hydrogens is 408 g/mol. The molecule has 9 atom stereocenters. The number of fused-ring (bicyclic) bond motifs is 4. The number of carbonyl (C=O) groups is 1. The lowest BCUT2D eigenvalue weighted by atomic mass is 9.47. The molecule has 1 heterocycles. The van der Waals surface area contributed by atoms with Gasteiger partial charge in [0.15, 0.2) is 0 Å². The van der Waals surface area contributed by atoms with E-state index in [1.807, 2.05) is 11.9 Å². The average Bonchev–Trinajstić information content (AvgIpc) is 3.25. The number of rotatable bonds is 4. The predicted octanol–water partition coefficient (Wildman–Crippen LogP) is 5.11. The Labute approximate surface area is 202 Å². The number of likely N-dealkylation sites (N-methyl/N-ethyl adjacent to an activating group) is 1. The maximum absolute atomic E-state index is 12.9. The first-order chi connectivity index (χ1) is 15.6. The number of aliphatic hydroxyl groups is 1. The summed E-state index contributed by atoms with van der Waals surface area (Å²) in [7, 11) is 4.28. The summed E-state index contributed by atoms with van der Waals surface area (Å²) in [6, 6.07) is 0.997. The minimum Gasteiger partial charge on any atom is -0.383 e. The fraction of sp³-hybridized carbons (Fsp3) is 0.897. The largest absolute Gasteiger partial charge is 0.383 e. The Hall–Kier alpha value is -0.870. The lowest BCUT2D eigenvalue weighted by molar-refractivity contribution is -0.142. The van der Waals surface area contributed by atoms with Gasteiger partial charge in [-0.25, -0.2) is 0 Å². The third-order valence-corrected chi connectivity index (χ3v) is 11.6. The van der Waals surface area contributed by atoms with E-state index in [0.717, 1.165) is 42.6 Å². The summed E-state index contributed by atoms with van der Waals surface area (Å²) < 4.78 is 0. The molecule has 33 heavy (non-hydrogen) atoms. The zero-order valence-electron chi connectivity index (χ0n) is 22.0. The lowest BCUT2D eigenvalue weighted by Gasteiger charge is -2.58. The predicted molar refractivity (Wildman–Crippen MR) is 134 cm³/mol. The number of aliphatic hydroxyl groups excluding tert-OH is 1. The van der Waals surface area contributed by atoms with E-state index >= 15 is 0 Å². The van der Waals surface area contributed by atoms with Crippen LogP contribution in [0.4, 0.5) is 0 Å². The number of carbonyl (C=O) groups excluding carboxylic acids is 1. The third kappa shape index (κ3) is 3.56. The Kier molecular flexibility index (Phi) is 6.04. The number of likely N-dealkylation sites (tertiary alicyclic amines) is 1. The summed E-state index contributed by atoms with van der Waals surface area (Å²) in [5.74, 6) is 3.76. The molecule has 0 aromatic carbocycles. The van der Waals surface area contributed by atoms with E-state index in [-0.39, 0.29) is 11.9 Å². The van der Waals surface area contributed by atoms with Crippen LogP contribution in [0.2, 0.25) is 0 Å². The first-order valence-electron chi connectivity index (χ1n) is 13.9. The van der Waals surface area contributed by atoms with E-state index in [2.05, 4.69) is 45.7 Å². The highest BCUT2D eigenvalue weighted by Crippen LogP contribution is 2.68. The first kappa shape index (κ1) is 23.9. The van der Waals surface area contributed by atoms with E-state index in [1.165, 1.54) is 45.1 Å². The molecule has 1 aliphatic heterocycles. The summed E-state index contributed by atoms with van der Waals surface area (Å²) in [5.41, 5.74) is 2.53. The topological polar surface area (TPSA) is 43.8 Å². The molecule has 5 rings (SSSR count). The second-order valence-corrected chi connectivity index (χ2v) is 13.4. The number of hydrogen-bond donors (Lipinski definition) is 1. The van der Waals surface area contributed by atoms with Crippen LogP contribution in [0.1, 0.15) is 85.5 Å². The van der Waals surface area contributed by atoms with Gasteiger partial charge in [-0.1, -0.05) is 32.4 Å². The van der Waals surface area contributed by atoms with Crippen molar-refractivity contribution < 1.29 is 9.90 Å². The van der Waals surface area contributed by atoms with Crippen molar-refractivity contribution in [1.82, 2.24) is 9.80 Å². The second kappa shape index (κ2) is 8.36. The first-order valence-corrected chi connectivity index (χ1v) is 13.9. The zero-order chi connectivity index (χ0) is 23.7. The van der Waals surface area contributed by atoms with Crippen molar-refractivity contribution in [3.05, 3.63) is 11.6 Å². The molecule has 0 aromatic rings. The molecule has 1 unspecified atom stereocenters. The van der Waals surface area contributed by atoms with Gasteiger partial charge in [-0.05, 0) is 112 Å². The molecule has 5 aliphatic rings. The molecule has 0 bridgehead atoms. The third-order valence-electron chi connectivity index (χ3n) is 11.6. The standard InChI is InChI=1S/C29H48N2O2/c1-18(2)15-26(32)27(33)31(6)21-11-13-28(4)20(16-21)7-8-22-24(28)12-14-29-17-30(5)19(3)23(29)9-10-25(22)29/h7,18-19,21-26,32H,8-17H2,1-6H3/t19-,21-,22+,23?,24-,25-,26-,28-,29-/m0/s1. The van der Waals surface area contributed by atoms with Gasteiger partial charge in [-0.3, -0.25) is 4.79 Å². The molecule has 0 aromatic heterocycles. The normalized spacial score (nSPS) is 45.6. The van der Waals surface area contributed by atoms with Crippen LogP contribution in [-0.4, -0.2) is 59.6 Å². The van der Waals surface area contributed by atoms with Gasteiger partial charge < -0.3 is 14.9 Å². The Morgan fingerprint density at radius 3 is 2.64 bits per heavy atom. The van der Waals surface area contributed by atoms with Crippen molar-refractivity contribution in [3.63, 3.8) is 0 Å². The van der Waals surface area contributed by atoms with Crippen LogP contribution in [0.25, 0.3) is 0 Å². The Morgan fingerprint density at radius 1 is 1.18 bits per heavy atom. The van der Waals surface area contributed by atoms with Crippen molar-refractivity contribution in [2.75, 3.05) is 20.6 Å². The maximum atomic E-state index is 12.9. The molecule has 1 amide bonds. The maximum Gasteiger partial charge on any atom is 0.251 e. The monoisotopic (exact) mass is 456 g/mol. The Morgan fingerprint density at radius 2 is 1.91 bits per heavy atom. The van der Waals surface area contributed by atoms with Crippen molar-refractivity contribution in [1.29, 1.82) is 0 Å². The van der Waals surface area contributed by atoms with E-state index < -0.39 is 6.10 Å². The van der Waals surface area contributed by atoms with Gasteiger partial charge in [0, 0.05) is 25.7 Å². The van der Waals surface area contributed by atoms with Gasteiger partial charge in [0.1, 0.15) is 6.10 Å². The molecule has 0 radical (unpaired) electrons. The smallest absolute Gasteiger partial charge is 0.251 e. The van der Waals surface area contributed by atoms with Gasteiger partial charge >= 0.3 is 0 Å². The molecule has 3 saturated carbocycles. The van der Waals surface area contributed by atoms with Crippen LogP contribution in [0.15, 0.2) is 11.6 Å². The number of allylic oxidation sites excluding steroid dienone is 1. The lowest BCUT2D eigenvalue weighted by Crippen LogP contribution is -2.53. The molecular formula is C29H48N2O2. The molecule has 1 spiro atoms. The molecule has 4 nitrogen and oxygen atoms in total. The second-order valence-electron chi connectivity index (χ2n) is 13.4. The number of amides is 1. The SMILES string of the molecule is CC(C)C[C@H](O)C(=O)N(C)[C@H]1CC[C@@]2(C)C(=CC[C@H]3[C@@H]4CCC5[C@H](C)N(C)C[C@@]54CC[C@@H]32)C1. The summed E-state index contributed by atoms with van der Waals surface area (Å²) >= 11 is 0. The summed E-state index contributed by atoms with van der Waals surface area (Å²) in [6.45, 7) is 10.5. The van der Waals surface area contributed by atoms with Crippen LogP contribution in [0.5, 0.6) is 0 Å². The molecule has 4 aliphatic carbocycles. The summed E-state index contributed by atoms with van der Waals surface area (Å²) in [5, 5.41) is 10.4. The van der Waals surface area contributed by atoms with Gasteiger partial charge in [0.05, 0.1) is 0 Å². The highest BCUT2D eigenvalue weighted by molar-refractivity contribution is 5.80. The van der Waals surface area contributed by atoms with E-state index in [1.54, 1.807) is 5.57 Å². The van der Waals surface area contributed by atoms with Crippen LogP contribution in [0.3, 0.4) is 0 Å². The number of hydrogen-bond acceptors (Lipinski definition) is 3. The molecule has 4 heteroatoms. The quantitative estimate of drug-likeness (QED) is 0.598. The molecule has 186 valence electrons. The van der Waals surface area contributed by atoms with Crippen LogP contribution < -0.4 is 0 Å². The molecule has 1 N–H and O–H groups in total. The highest BCUT2D eigenvalue weighted by atomic mass is 16.3. The minimum absolute atomic E-state index is 0.0809.